The van der Waals surface area contributed by atoms with Crippen LogP contribution >= 0.6 is 0 Å². The van der Waals surface area contributed by atoms with Gasteiger partial charge in [-0.25, -0.2) is 13.6 Å². The van der Waals surface area contributed by atoms with Crippen molar-refractivity contribution in [1.29, 1.82) is 0 Å². The summed E-state index contributed by atoms with van der Waals surface area (Å²) in [6, 6.07) is 6.47. The van der Waals surface area contributed by atoms with Crippen LogP contribution in [0.5, 0.6) is 0 Å². The number of aromatic nitrogens is 2. The molecule has 1 aromatic carbocycles. The Hall–Kier alpha value is -2.23. The maximum Gasteiger partial charge on any atom is 0.276 e. The van der Waals surface area contributed by atoms with Gasteiger partial charge in [0, 0.05) is 18.4 Å². The lowest BCUT2D eigenvalue weighted by Crippen LogP contribution is -2.32. The molecule has 9 heteroatoms. The van der Waals surface area contributed by atoms with Gasteiger partial charge in [-0.3, -0.25) is 9.48 Å². The summed E-state index contributed by atoms with van der Waals surface area (Å²) < 4.78 is 25.0. The summed E-state index contributed by atoms with van der Waals surface area (Å²) in [5, 5.41) is 15.5. The molecule has 0 aliphatic carbocycles. The van der Waals surface area contributed by atoms with Crippen LogP contribution in [-0.2, 0) is 10.0 Å². The topological polar surface area (TPSA) is 119 Å². The normalized spacial score (nSPS) is 18.1. The summed E-state index contributed by atoms with van der Waals surface area (Å²) in [7, 11) is -3.84. The molecule has 8 nitrogen and oxygen atoms in total. The summed E-state index contributed by atoms with van der Waals surface area (Å²) in [5.74, 6) is -0.397. The molecule has 1 fully saturated rings. The second kappa shape index (κ2) is 6.95. The Morgan fingerprint density at radius 1 is 1.40 bits per heavy atom. The number of rotatable bonds is 4. The Bertz CT molecular complexity index is 885. The van der Waals surface area contributed by atoms with E-state index in [0.29, 0.717) is 11.3 Å². The van der Waals surface area contributed by atoms with Crippen molar-refractivity contribution < 1.29 is 13.2 Å². The molecule has 1 unspecified atom stereocenters. The van der Waals surface area contributed by atoms with Crippen molar-refractivity contribution in [2.75, 3.05) is 18.4 Å². The SMILES string of the molecule is Cc1ccc(NC(=O)c2ccn(C3CCCNC3)n2)cc1S(N)(=O)=O. The molecule has 0 saturated carbocycles. The first-order valence-electron chi connectivity index (χ1n) is 8.05. The second-order valence-corrected chi connectivity index (χ2v) is 7.69. The molecule has 1 atom stereocenters. The Morgan fingerprint density at radius 3 is 2.88 bits per heavy atom. The molecule has 1 aliphatic heterocycles. The highest BCUT2D eigenvalue weighted by atomic mass is 32.2. The van der Waals surface area contributed by atoms with Crippen LogP contribution in [0.25, 0.3) is 0 Å². The van der Waals surface area contributed by atoms with Crippen LogP contribution < -0.4 is 15.8 Å². The van der Waals surface area contributed by atoms with Gasteiger partial charge in [-0.2, -0.15) is 5.10 Å². The second-order valence-electron chi connectivity index (χ2n) is 6.16. The van der Waals surface area contributed by atoms with Crippen molar-refractivity contribution in [2.45, 2.75) is 30.7 Å². The largest absolute Gasteiger partial charge is 0.321 e. The molecule has 1 saturated heterocycles. The lowest BCUT2D eigenvalue weighted by molar-refractivity contribution is 0.102. The third-order valence-corrected chi connectivity index (χ3v) is 5.29. The maximum absolute atomic E-state index is 12.4. The fourth-order valence-electron chi connectivity index (χ4n) is 2.90. The molecule has 134 valence electrons. The number of amides is 1. The van der Waals surface area contributed by atoms with Crippen LogP contribution in [-0.4, -0.2) is 37.2 Å². The number of anilines is 1. The predicted molar refractivity (Wildman–Crippen MR) is 93.9 cm³/mol. The smallest absolute Gasteiger partial charge is 0.276 e. The van der Waals surface area contributed by atoms with Gasteiger partial charge >= 0.3 is 0 Å². The van der Waals surface area contributed by atoms with Crippen molar-refractivity contribution >= 4 is 21.6 Å². The molecule has 0 spiro atoms. The zero-order chi connectivity index (χ0) is 18.0. The number of primary sulfonamides is 1. The molecule has 1 aliphatic rings. The third kappa shape index (κ3) is 4.06. The molecule has 2 aromatic rings. The maximum atomic E-state index is 12.4. The minimum absolute atomic E-state index is 0.0101. The van der Waals surface area contributed by atoms with E-state index in [-0.39, 0.29) is 16.6 Å². The van der Waals surface area contributed by atoms with Gasteiger partial charge in [0.15, 0.2) is 5.69 Å². The average Bonchev–Trinajstić information content (AvgIpc) is 3.06. The number of nitrogens with two attached hydrogens (primary N) is 1. The number of nitrogens with one attached hydrogen (secondary N) is 2. The van der Waals surface area contributed by atoms with Gasteiger partial charge < -0.3 is 10.6 Å². The van der Waals surface area contributed by atoms with E-state index in [0.717, 1.165) is 25.9 Å². The average molecular weight is 363 g/mol. The minimum atomic E-state index is -3.84. The number of aryl methyl sites for hydroxylation is 1. The standard InChI is InChI=1S/C16H21N5O3S/c1-11-4-5-12(9-15(11)25(17,23)24)19-16(22)14-6-8-21(20-14)13-3-2-7-18-10-13/h4-6,8-9,13,18H,2-3,7,10H2,1H3,(H,19,22)(H2,17,23,24). The van der Waals surface area contributed by atoms with Crippen molar-refractivity contribution in [3.8, 4) is 0 Å². The highest BCUT2D eigenvalue weighted by Crippen LogP contribution is 2.20. The summed E-state index contributed by atoms with van der Waals surface area (Å²) in [6.45, 7) is 3.48. The van der Waals surface area contributed by atoms with E-state index >= 15 is 0 Å². The predicted octanol–water partition coefficient (Wildman–Crippen LogP) is 1.02. The third-order valence-electron chi connectivity index (χ3n) is 4.24. The molecular weight excluding hydrogens is 342 g/mol. The van der Waals surface area contributed by atoms with E-state index in [1.54, 1.807) is 36.0 Å². The highest BCUT2D eigenvalue weighted by Gasteiger charge is 2.18. The van der Waals surface area contributed by atoms with Crippen molar-refractivity contribution in [2.24, 2.45) is 5.14 Å². The van der Waals surface area contributed by atoms with Crippen LogP contribution in [0.3, 0.4) is 0 Å². The molecular formula is C16H21N5O3S. The molecule has 2 heterocycles. The van der Waals surface area contributed by atoms with E-state index in [4.69, 9.17) is 5.14 Å². The van der Waals surface area contributed by atoms with Crippen LogP contribution in [0.2, 0.25) is 0 Å². The first kappa shape index (κ1) is 17.6. The van der Waals surface area contributed by atoms with E-state index < -0.39 is 15.9 Å². The Morgan fingerprint density at radius 2 is 2.20 bits per heavy atom. The number of hydrogen-bond donors (Lipinski definition) is 3. The molecule has 1 aromatic heterocycles. The molecule has 0 bridgehead atoms. The van der Waals surface area contributed by atoms with E-state index in [1.807, 2.05) is 0 Å². The quantitative estimate of drug-likeness (QED) is 0.749. The van der Waals surface area contributed by atoms with Crippen molar-refractivity contribution in [3.05, 3.63) is 41.7 Å². The van der Waals surface area contributed by atoms with Gasteiger partial charge in [-0.05, 0) is 50.1 Å². The zero-order valence-electron chi connectivity index (χ0n) is 13.9. The number of hydrogen-bond acceptors (Lipinski definition) is 5. The van der Waals surface area contributed by atoms with Gasteiger partial charge in [0.1, 0.15) is 0 Å². The number of piperidine rings is 1. The van der Waals surface area contributed by atoms with Crippen molar-refractivity contribution in [1.82, 2.24) is 15.1 Å². The molecule has 1 amide bonds. The van der Waals surface area contributed by atoms with E-state index in [1.165, 1.54) is 6.07 Å². The van der Waals surface area contributed by atoms with Gasteiger partial charge in [0.25, 0.3) is 5.91 Å². The Kier molecular flexibility index (Phi) is 4.89. The van der Waals surface area contributed by atoms with Crippen molar-refractivity contribution in [3.63, 3.8) is 0 Å². The Balaban J connectivity index is 1.75. The summed E-state index contributed by atoms with van der Waals surface area (Å²) in [4.78, 5) is 12.4. The molecule has 0 radical (unpaired) electrons. The summed E-state index contributed by atoms with van der Waals surface area (Å²) in [5.41, 5.74) is 1.16. The molecule has 3 rings (SSSR count). The summed E-state index contributed by atoms with van der Waals surface area (Å²) >= 11 is 0. The Labute approximate surface area is 146 Å². The van der Waals surface area contributed by atoms with Crippen LogP contribution in [0.15, 0.2) is 35.4 Å². The summed E-state index contributed by atoms with van der Waals surface area (Å²) in [6.07, 6.45) is 3.88. The van der Waals surface area contributed by atoms with Crippen LogP contribution in [0, 0.1) is 6.92 Å². The molecule has 25 heavy (non-hydrogen) atoms. The van der Waals surface area contributed by atoms with E-state index in [2.05, 4.69) is 15.7 Å². The van der Waals surface area contributed by atoms with E-state index in [9.17, 15) is 13.2 Å². The number of carbonyl (C=O) groups is 1. The number of nitrogens with zero attached hydrogens (tertiary/aromatic N) is 2. The van der Waals surface area contributed by atoms with Gasteiger partial charge in [-0.1, -0.05) is 6.07 Å². The fourth-order valence-corrected chi connectivity index (χ4v) is 3.71. The first-order valence-corrected chi connectivity index (χ1v) is 9.60. The lowest BCUT2D eigenvalue weighted by Gasteiger charge is -2.22. The van der Waals surface area contributed by atoms with Crippen LogP contribution in [0.1, 0.15) is 34.9 Å². The van der Waals surface area contributed by atoms with Crippen LogP contribution in [0.4, 0.5) is 5.69 Å². The first-order chi connectivity index (χ1) is 11.8. The fraction of sp³-hybridized carbons (Fsp3) is 0.375. The number of carbonyl (C=O) groups excluding carboxylic acids is 1. The number of benzene rings is 1. The van der Waals surface area contributed by atoms with Gasteiger partial charge in [-0.15, -0.1) is 0 Å². The van der Waals surface area contributed by atoms with Gasteiger partial charge in [0.2, 0.25) is 10.0 Å². The zero-order valence-corrected chi connectivity index (χ0v) is 14.7. The lowest BCUT2D eigenvalue weighted by atomic mass is 10.1. The van der Waals surface area contributed by atoms with Gasteiger partial charge in [0.05, 0.1) is 10.9 Å². The number of sulfonamides is 1. The highest BCUT2D eigenvalue weighted by molar-refractivity contribution is 7.89. The minimum Gasteiger partial charge on any atom is -0.321 e. The molecule has 4 N–H and O–H groups in total. The monoisotopic (exact) mass is 363 g/mol.